The number of hydrogen-bond acceptors (Lipinski definition) is 1. The molecule has 1 rings (SSSR count). The van der Waals surface area contributed by atoms with Crippen LogP contribution in [0.5, 0.6) is 0 Å². The first-order chi connectivity index (χ1) is 6.81. The van der Waals surface area contributed by atoms with Gasteiger partial charge in [-0.1, -0.05) is 42.5 Å². The predicted octanol–water partition coefficient (Wildman–Crippen LogP) is 3.16. The van der Waals surface area contributed by atoms with Crippen molar-refractivity contribution in [1.82, 2.24) is 0 Å². The van der Waals surface area contributed by atoms with E-state index in [-0.39, 0.29) is 6.61 Å². The summed E-state index contributed by atoms with van der Waals surface area (Å²) in [7, 11) is 0. The summed E-state index contributed by atoms with van der Waals surface area (Å²) in [6.07, 6.45) is 6.18. The van der Waals surface area contributed by atoms with Crippen molar-refractivity contribution in [2.75, 3.05) is 0 Å². The largest absolute Gasteiger partial charge is 0.392 e. The van der Waals surface area contributed by atoms with Gasteiger partial charge in [0.15, 0.2) is 0 Å². The topological polar surface area (TPSA) is 20.2 Å². The van der Waals surface area contributed by atoms with E-state index < -0.39 is 0 Å². The molecular weight excluding hydrogens is 172 g/mol. The number of benzene rings is 1. The zero-order valence-corrected chi connectivity index (χ0v) is 8.70. The van der Waals surface area contributed by atoms with Gasteiger partial charge in [0.25, 0.3) is 0 Å². The minimum absolute atomic E-state index is 0.106. The van der Waals surface area contributed by atoms with Crippen LogP contribution in [0.15, 0.2) is 42.5 Å². The quantitative estimate of drug-likeness (QED) is 0.722. The summed E-state index contributed by atoms with van der Waals surface area (Å²) in [4.78, 5) is 0. The summed E-state index contributed by atoms with van der Waals surface area (Å²) < 4.78 is 0. The zero-order chi connectivity index (χ0) is 10.4. The smallest absolute Gasteiger partial charge is 0.0681 e. The van der Waals surface area contributed by atoms with Gasteiger partial charge in [-0.25, -0.2) is 0 Å². The molecule has 0 atom stereocenters. The Morgan fingerprint density at radius 3 is 2.29 bits per heavy atom. The minimum Gasteiger partial charge on any atom is -0.392 e. The van der Waals surface area contributed by atoms with E-state index in [9.17, 15) is 0 Å². The highest BCUT2D eigenvalue weighted by molar-refractivity contribution is 5.73. The van der Waals surface area contributed by atoms with Crippen molar-refractivity contribution in [3.63, 3.8) is 0 Å². The number of allylic oxidation sites excluding steroid dienone is 4. The van der Waals surface area contributed by atoms with Gasteiger partial charge in [0.05, 0.1) is 6.61 Å². The monoisotopic (exact) mass is 188 g/mol. The molecule has 1 aromatic rings. The molecule has 0 bridgehead atoms. The van der Waals surface area contributed by atoms with Crippen LogP contribution in [-0.4, -0.2) is 5.11 Å². The van der Waals surface area contributed by atoms with Crippen LogP contribution in [0.3, 0.4) is 0 Å². The number of rotatable bonds is 3. The Bertz CT molecular complexity index is 331. The second-order valence-corrected chi connectivity index (χ2v) is 3.10. The third kappa shape index (κ3) is 2.57. The molecule has 1 N–H and O–H groups in total. The van der Waals surface area contributed by atoms with Crippen LogP contribution in [0.2, 0.25) is 0 Å². The summed E-state index contributed by atoms with van der Waals surface area (Å²) >= 11 is 0. The Labute approximate surface area is 85.4 Å². The molecule has 0 heterocycles. The lowest BCUT2D eigenvalue weighted by Gasteiger charge is -2.02. The number of aliphatic hydroxyl groups excluding tert-OH is 1. The van der Waals surface area contributed by atoms with Crippen LogP contribution >= 0.6 is 0 Å². The molecule has 0 saturated heterocycles. The Kier molecular flexibility index (Phi) is 4.14. The molecule has 0 saturated carbocycles. The number of aliphatic hydroxyl groups is 1. The first kappa shape index (κ1) is 10.7. The summed E-state index contributed by atoms with van der Waals surface area (Å²) in [5.41, 5.74) is 3.34. The zero-order valence-electron chi connectivity index (χ0n) is 8.70. The van der Waals surface area contributed by atoms with Crippen LogP contribution in [0.25, 0.3) is 5.57 Å². The molecule has 14 heavy (non-hydrogen) atoms. The number of hydrogen-bond donors (Lipinski definition) is 1. The van der Waals surface area contributed by atoms with Gasteiger partial charge < -0.3 is 5.11 Å². The van der Waals surface area contributed by atoms with E-state index in [0.717, 1.165) is 5.56 Å². The molecule has 0 fully saturated rings. The molecule has 74 valence electrons. The van der Waals surface area contributed by atoms with Gasteiger partial charge in [-0.2, -0.15) is 0 Å². The van der Waals surface area contributed by atoms with Crippen LogP contribution in [0.4, 0.5) is 0 Å². The molecule has 0 unspecified atom stereocenters. The second-order valence-electron chi connectivity index (χ2n) is 3.10. The normalized spacial score (nSPS) is 12.4. The molecule has 0 amide bonds. The molecule has 1 aromatic carbocycles. The lowest BCUT2D eigenvalue weighted by Crippen LogP contribution is -1.84. The summed E-state index contributed by atoms with van der Waals surface area (Å²) in [6.45, 7) is 4.13. The van der Waals surface area contributed by atoms with Gasteiger partial charge in [-0.3, -0.25) is 0 Å². The standard InChI is InChI=1S/C13H16O/c1-3-5-12(4-2)13-8-6-11(10-14)7-9-13/h3-9,14H,10H2,1-2H3/b5-3-,12-4+. The van der Waals surface area contributed by atoms with Crippen molar-refractivity contribution in [2.45, 2.75) is 20.5 Å². The third-order valence-corrected chi connectivity index (χ3v) is 2.13. The molecular formula is C13H16O. The van der Waals surface area contributed by atoms with Crippen molar-refractivity contribution >= 4 is 5.57 Å². The maximum Gasteiger partial charge on any atom is 0.0681 e. The van der Waals surface area contributed by atoms with Crippen molar-refractivity contribution in [2.24, 2.45) is 0 Å². The van der Waals surface area contributed by atoms with Crippen LogP contribution in [-0.2, 0) is 6.61 Å². The van der Waals surface area contributed by atoms with E-state index in [1.165, 1.54) is 11.1 Å². The average molecular weight is 188 g/mol. The molecule has 1 heteroatoms. The van der Waals surface area contributed by atoms with Gasteiger partial charge in [-0.15, -0.1) is 0 Å². The van der Waals surface area contributed by atoms with Gasteiger partial charge in [0, 0.05) is 0 Å². The van der Waals surface area contributed by atoms with Crippen molar-refractivity contribution < 1.29 is 5.11 Å². The molecule has 0 aliphatic carbocycles. The third-order valence-electron chi connectivity index (χ3n) is 2.13. The van der Waals surface area contributed by atoms with Crippen LogP contribution in [0.1, 0.15) is 25.0 Å². The van der Waals surface area contributed by atoms with E-state index in [1.54, 1.807) is 0 Å². The van der Waals surface area contributed by atoms with Gasteiger partial charge in [-0.05, 0) is 30.5 Å². The van der Waals surface area contributed by atoms with Gasteiger partial charge in [0.2, 0.25) is 0 Å². The maximum absolute atomic E-state index is 8.90. The molecule has 1 nitrogen and oxygen atoms in total. The second kappa shape index (κ2) is 5.40. The van der Waals surface area contributed by atoms with Crippen molar-refractivity contribution in [3.8, 4) is 0 Å². The van der Waals surface area contributed by atoms with Gasteiger partial charge >= 0.3 is 0 Å². The molecule has 0 aromatic heterocycles. The van der Waals surface area contributed by atoms with Crippen LogP contribution < -0.4 is 0 Å². The Morgan fingerprint density at radius 1 is 1.21 bits per heavy atom. The van der Waals surface area contributed by atoms with Crippen LogP contribution in [0, 0.1) is 0 Å². The highest BCUT2D eigenvalue weighted by atomic mass is 16.3. The Morgan fingerprint density at radius 2 is 1.86 bits per heavy atom. The fourth-order valence-corrected chi connectivity index (χ4v) is 1.34. The lowest BCUT2D eigenvalue weighted by molar-refractivity contribution is 0.282. The minimum atomic E-state index is 0.106. The molecule has 0 aliphatic rings. The Balaban J connectivity index is 2.96. The van der Waals surface area contributed by atoms with Crippen molar-refractivity contribution in [1.29, 1.82) is 0 Å². The SMILES string of the molecule is C/C=C\C(=C/C)c1ccc(CO)cc1. The first-order valence-corrected chi connectivity index (χ1v) is 4.81. The molecule has 0 spiro atoms. The fourth-order valence-electron chi connectivity index (χ4n) is 1.34. The first-order valence-electron chi connectivity index (χ1n) is 4.81. The van der Waals surface area contributed by atoms with Gasteiger partial charge in [0.1, 0.15) is 0 Å². The lowest BCUT2D eigenvalue weighted by atomic mass is 10.0. The Hall–Kier alpha value is -1.34. The predicted molar refractivity (Wildman–Crippen MR) is 60.8 cm³/mol. The fraction of sp³-hybridized carbons (Fsp3) is 0.231. The summed E-state index contributed by atoms with van der Waals surface area (Å²) in [5, 5.41) is 8.90. The maximum atomic E-state index is 8.90. The van der Waals surface area contributed by atoms with E-state index in [0.29, 0.717) is 0 Å². The highest BCUT2D eigenvalue weighted by Crippen LogP contribution is 2.16. The summed E-state index contributed by atoms with van der Waals surface area (Å²) in [5.74, 6) is 0. The summed E-state index contributed by atoms with van der Waals surface area (Å²) in [6, 6.07) is 7.95. The van der Waals surface area contributed by atoms with E-state index >= 15 is 0 Å². The van der Waals surface area contributed by atoms with E-state index in [4.69, 9.17) is 5.11 Å². The van der Waals surface area contributed by atoms with E-state index in [1.807, 2.05) is 44.2 Å². The van der Waals surface area contributed by atoms with E-state index in [2.05, 4.69) is 12.2 Å². The average Bonchev–Trinajstić information content (AvgIpc) is 2.26. The van der Waals surface area contributed by atoms with Crippen molar-refractivity contribution in [3.05, 3.63) is 53.6 Å². The molecule has 0 radical (unpaired) electrons. The highest BCUT2D eigenvalue weighted by Gasteiger charge is 1.96. The molecule has 0 aliphatic heterocycles.